The van der Waals surface area contributed by atoms with E-state index >= 15 is 0 Å². The molecule has 1 aromatic carbocycles. The first-order valence-corrected chi connectivity index (χ1v) is 6.91. The van der Waals surface area contributed by atoms with Gasteiger partial charge >= 0.3 is 0 Å². The van der Waals surface area contributed by atoms with E-state index in [1.165, 1.54) is 18.3 Å². The molecule has 1 aromatic heterocycles. The summed E-state index contributed by atoms with van der Waals surface area (Å²) in [5.41, 5.74) is 3.29. The van der Waals surface area contributed by atoms with E-state index < -0.39 is 0 Å². The molecule has 8 nitrogen and oxygen atoms in total. The van der Waals surface area contributed by atoms with E-state index in [4.69, 9.17) is 0 Å². The number of aromatic hydroxyl groups is 2. The van der Waals surface area contributed by atoms with E-state index in [0.717, 1.165) is 5.82 Å². The van der Waals surface area contributed by atoms with Crippen LogP contribution in [-0.2, 0) is 0 Å². The molecule has 0 aliphatic heterocycles. The van der Waals surface area contributed by atoms with Gasteiger partial charge in [-0.25, -0.2) is 0 Å². The minimum atomic E-state index is -0.0544. The van der Waals surface area contributed by atoms with Crippen molar-refractivity contribution < 1.29 is 10.2 Å². The van der Waals surface area contributed by atoms with Gasteiger partial charge in [-0.1, -0.05) is 0 Å². The Bertz CT molecular complexity index is 689. The zero-order valence-corrected chi connectivity index (χ0v) is 13.5. The lowest BCUT2D eigenvalue weighted by atomic mass is 10.2. The third kappa shape index (κ3) is 4.22. The number of phenolic OH excluding ortho intramolecular Hbond substituents is 2. The van der Waals surface area contributed by atoms with Crippen LogP contribution in [-0.4, -0.2) is 54.6 Å². The summed E-state index contributed by atoms with van der Waals surface area (Å²) in [4.78, 5) is 12.4. The minimum absolute atomic E-state index is 0.00495. The molecule has 0 atom stereocenters. The second-order valence-electron chi connectivity index (χ2n) is 5.31. The SMILES string of the molecule is CN(C)c1cc(N/N=C/c2ccc(O)cc2O)nc(N(C)C)n1. The van der Waals surface area contributed by atoms with Crippen LogP contribution in [0.2, 0.25) is 0 Å². The highest BCUT2D eigenvalue weighted by Crippen LogP contribution is 2.21. The Balaban J connectivity index is 2.20. The topological polar surface area (TPSA) is 97.1 Å². The number of nitrogens with zero attached hydrogens (tertiary/aromatic N) is 5. The number of hydrazone groups is 1. The average Bonchev–Trinajstić information content (AvgIpc) is 2.49. The number of anilines is 3. The van der Waals surface area contributed by atoms with Gasteiger partial charge in [0.25, 0.3) is 0 Å². The molecule has 0 aliphatic rings. The monoisotopic (exact) mass is 316 g/mol. The molecule has 23 heavy (non-hydrogen) atoms. The number of hydrogen-bond acceptors (Lipinski definition) is 8. The Morgan fingerprint density at radius 2 is 1.78 bits per heavy atom. The maximum absolute atomic E-state index is 9.70. The molecule has 1 heterocycles. The summed E-state index contributed by atoms with van der Waals surface area (Å²) in [6, 6.07) is 6.05. The highest BCUT2D eigenvalue weighted by atomic mass is 16.3. The zero-order valence-electron chi connectivity index (χ0n) is 13.5. The highest BCUT2D eigenvalue weighted by Gasteiger charge is 2.07. The summed E-state index contributed by atoms with van der Waals surface area (Å²) >= 11 is 0. The first kappa shape index (κ1) is 16.3. The van der Waals surface area contributed by atoms with Crippen LogP contribution in [0.25, 0.3) is 0 Å². The average molecular weight is 316 g/mol. The van der Waals surface area contributed by atoms with Crippen LogP contribution in [0.3, 0.4) is 0 Å². The van der Waals surface area contributed by atoms with Gasteiger partial charge in [-0.2, -0.15) is 15.1 Å². The smallest absolute Gasteiger partial charge is 0.228 e. The first-order valence-electron chi connectivity index (χ1n) is 6.91. The van der Waals surface area contributed by atoms with Crippen molar-refractivity contribution in [3.05, 3.63) is 29.8 Å². The summed E-state index contributed by atoms with van der Waals surface area (Å²) in [5.74, 6) is 1.77. The Labute approximate surface area is 134 Å². The fourth-order valence-electron chi connectivity index (χ4n) is 1.72. The fourth-order valence-corrected chi connectivity index (χ4v) is 1.72. The van der Waals surface area contributed by atoms with Gasteiger partial charge in [-0.15, -0.1) is 0 Å². The predicted molar refractivity (Wildman–Crippen MR) is 91.7 cm³/mol. The van der Waals surface area contributed by atoms with Crippen LogP contribution in [0.1, 0.15) is 5.56 Å². The normalized spacial score (nSPS) is 10.8. The number of nitrogens with one attached hydrogen (secondary N) is 1. The molecule has 0 saturated carbocycles. The van der Waals surface area contributed by atoms with E-state index in [1.54, 1.807) is 17.0 Å². The van der Waals surface area contributed by atoms with Gasteiger partial charge in [0.15, 0.2) is 5.82 Å². The van der Waals surface area contributed by atoms with Crippen molar-refractivity contribution in [3.63, 3.8) is 0 Å². The summed E-state index contributed by atoms with van der Waals surface area (Å²) in [6.45, 7) is 0. The van der Waals surface area contributed by atoms with Gasteiger partial charge in [-0.3, -0.25) is 5.43 Å². The van der Waals surface area contributed by atoms with Crippen LogP contribution in [0, 0.1) is 0 Å². The lowest BCUT2D eigenvalue weighted by Crippen LogP contribution is -2.17. The van der Waals surface area contributed by atoms with Crippen LogP contribution < -0.4 is 15.2 Å². The van der Waals surface area contributed by atoms with Crippen molar-refractivity contribution in [2.45, 2.75) is 0 Å². The van der Waals surface area contributed by atoms with E-state index in [2.05, 4.69) is 20.5 Å². The second kappa shape index (κ2) is 6.82. The summed E-state index contributed by atoms with van der Waals surface area (Å²) in [5, 5.41) is 23.0. The quantitative estimate of drug-likeness (QED) is 0.567. The van der Waals surface area contributed by atoms with Crippen molar-refractivity contribution in [3.8, 4) is 11.5 Å². The van der Waals surface area contributed by atoms with E-state index in [0.29, 0.717) is 17.3 Å². The maximum Gasteiger partial charge on any atom is 0.228 e. The van der Waals surface area contributed by atoms with Crippen molar-refractivity contribution >= 4 is 23.8 Å². The number of benzene rings is 1. The molecule has 0 radical (unpaired) electrons. The van der Waals surface area contributed by atoms with Crippen LogP contribution >= 0.6 is 0 Å². The molecular formula is C15H20N6O2. The maximum atomic E-state index is 9.70. The molecular weight excluding hydrogens is 296 g/mol. The first-order chi connectivity index (χ1) is 10.9. The largest absolute Gasteiger partial charge is 0.508 e. The summed E-state index contributed by atoms with van der Waals surface area (Å²) in [7, 11) is 7.50. The molecule has 0 aliphatic carbocycles. The van der Waals surface area contributed by atoms with Crippen molar-refractivity contribution in [1.29, 1.82) is 0 Å². The summed E-state index contributed by atoms with van der Waals surface area (Å²) in [6.07, 6.45) is 1.45. The Morgan fingerprint density at radius 3 is 2.39 bits per heavy atom. The zero-order chi connectivity index (χ0) is 17.0. The van der Waals surface area contributed by atoms with Gasteiger partial charge in [0.05, 0.1) is 6.21 Å². The molecule has 0 amide bonds. The number of hydrogen-bond donors (Lipinski definition) is 3. The molecule has 0 saturated heterocycles. The standard InChI is InChI=1S/C15H20N6O2/c1-20(2)14-8-13(17-15(18-14)21(3)4)19-16-9-10-5-6-11(22)7-12(10)23/h5-9,22-23H,1-4H3,(H,17,18,19)/b16-9+. The number of rotatable bonds is 5. The van der Waals surface area contributed by atoms with Crippen LogP contribution in [0.4, 0.5) is 17.6 Å². The fraction of sp³-hybridized carbons (Fsp3) is 0.267. The van der Waals surface area contributed by atoms with Crippen LogP contribution in [0.15, 0.2) is 29.4 Å². The van der Waals surface area contributed by atoms with Gasteiger partial charge in [0.1, 0.15) is 17.3 Å². The van der Waals surface area contributed by atoms with Gasteiger partial charge in [0, 0.05) is 45.9 Å². The molecule has 8 heteroatoms. The number of phenols is 2. The van der Waals surface area contributed by atoms with Crippen LogP contribution in [0.5, 0.6) is 11.5 Å². The van der Waals surface area contributed by atoms with Gasteiger partial charge in [-0.05, 0) is 12.1 Å². The second-order valence-corrected chi connectivity index (χ2v) is 5.31. The van der Waals surface area contributed by atoms with Crippen molar-refractivity contribution in [2.75, 3.05) is 43.4 Å². The minimum Gasteiger partial charge on any atom is -0.508 e. The lowest BCUT2D eigenvalue weighted by Gasteiger charge is -2.16. The molecule has 3 N–H and O–H groups in total. The molecule has 2 rings (SSSR count). The Hall–Kier alpha value is -3.03. The molecule has 2 aromatic rings. The Kier molecular flexibility index (Phi) is 4.85. The third-order valence-corrected chi connectivity index (χ3v) is 2.96. The van der Waals surface area contributed by atoms with Crippen molar-refractivity contribution in [1.82, 2.24) is 9.97 Å². The van der Waals surface area contributed by atoms with Gasteiger partial charge < -0.3 is 20.0 Å². The highest BCUT2D eigenvalue weighted by molar-refractivity contribution is 5.84. The van der Waals surface area contributed by atoms with E-state index in [9.17, 15) is 10.2 Å². The van der Waals surface area contributed by atoms with Crippen molar-refractivity contribution in [2.24, 2.45) is 5.10 Å². The molecule has 0 bridgehead atoms. The molecule has 0 unspecified atom stereocenters. The van der Waals surface area contributed by atoms with Gasteiger partial charge in [0.2, 0.25) is 5.95 Å². The molecule has 122 valence electrons. The summed E-state index contributed by atoms with van der Waals surface area (Å²) < 4.78 is 0. The van der Waals surface area contributed by atoms with E-state index in [-0.39, 0.29) is 11.5 Å². The molecule has 0 fully saturated rings. The predicted octanol–water partition coefficient (Wildman–Crippen LogP) is 1.47. The lowest BCUT2D eigenvalue weighted by molar-refractivity contribution is 0.450. The molecule has 0 spiro atoms. The number of aromatic nitrogens is 2. The Morgan fingerprint density at radius 1 is 1.04 bits per heavy atom. The van der Waals surface area contributed by atoms with E-state index in [1.807, 2.05) is 33.1 Å². The third-order valence-electron chi connectivity index (χ3n) is 2.96.